The zero-order valence-corrected chi connectivity index (χ0v) is 16.2. The summed E-state index contributed by atoms with van der Waals surface area (Å²) < 4.78 is 0. The van der Waals surface area contributed by atoms with Crippen LogP contribution in [0.4, 0.5) is 4.79 Å². The van der Waals surface area contributed by atoms with Gasteiger partial charge in [-0.25, -0.2) is 4.79 Å². The van der Waals surface area contributed by atoms with Crippen LogP contribution in [-0.4, -0.2) is 53.9 Å². The summed E-state index contributed by atoms with van der Waals surface area (Å²) >= 11 is 0. The lowest BCUT2D eigenvalue weighted by Crippen LogP contribution is -2.48. The highest BCUT2D eigenvalue weighted by molar-refractivity contribution is 6.03. The normalized spacial score (nSPS) is 22.0. The van der Waals surface area contributed by atoms with Crippen LogP contribution < -0.4 is 5.32 Å². The van der Waals surface area contributed by atoms with Crippen LogP contribution in [0.1, 0.15) is 42.9 Å². The SMILES string of the molecule is CCNC(=O)N1CC[C@@H](CC(=O)O)[C@@H](CC2=NCCc3ccc(C)cc32)C1. The minimum Gasteiger partial charge on any atom is -0.481 e. The van der Waals surface area contributed by atoms with Crippen LogP contribution in [0.3, 0.4) is 0 Å². The zero-order valence-electron chi connectivity index (χ0n) is 16.2. The summed E-state index contributed by atoms with van der Waals surface area (Å²) in [5.74, 6) is -0.577. The van der Waals surface area contributed by atoms with Crippen molar-refractivity contribution in [1.29, 1.82) is 0 Å². The summed E-state index contributed by atoms with van der Waals surface area (Å²) in [4.78, 5) is 30.2. The predicted octanol–water partition coefficient (Wildman–Crippen LogP) is 2.87. The third-order valence-electron chi connectivity index (χ3n) is 5.66. The minimum absolute atomic E-state index is 0.0573. The van der Waals surface area contributed by atoms with Crippen molar-refractivity contribution in [3.63, 3.8) is 0 Å². The Hall–Kier alpha value is -2.37. The fraction of sp³-hybridized carbons (Fsp3) is 0.571. The molecule has 0 radical (unpaired) electrons. The van der Waals surface area contributed by atoms with Gasteiger partial charge in [0.25, 0.3) is 0 Å². The second-order valence-electron chi connectivity index (χ2n) is 7.63. The van der Waals surface area contributed by atoms with Gasteiger partial charge in [0.1, 0.15) is 0 Å². The summed E-state index contributed by atoms with van der Waals surface area (Å²) in [6.07, 6.45) is 2.56. The lowest BCUT2D eigenvalue weighted by atomic mass is 9.78. The number of hydrogen-bond donors (Lipinski definition) is 2. The molecule has 1 fully saturated rings. The predicted molar refractivity (Wildman–Crippen MR) is 105 cm³/mol. The number of nitrogens with zero attached hydrogens (tertiary/aromatic N) is 2. The average Bonchev–Trinajstić information content (AvgIpc) is 2.63. The lowest BCUT2D eigenvalue weighted by Gasteiger charge is -2.38. The van der Waals surface area contributed by atoms with Crippen molar-refractivity contribution in [2.24, 2.45) is 16.8 Å². The highest BCUT2D eigenvalue weighted by Gasteiger charge is 2.34. The number of hydrogen-bond acceptors (Lipinski definition) is 3. The molecule has 6 heteroatoms. The molecule has 1 saturated heterocycles. The smallest absolute Gasteiger partial charge is 0.317 e. The van der Waals surface area contributed by atoms with E-state index in [9.17, 15) is 14.7 Å². The van der Waals surface area contributed by atoms with E-state index in [1.807, 2.05) is 11.8 Å². The van der Waals surface area contributed by atoms with Crippen molar-refractivity contribution in [3.8, 4) is 0 Å². The van der Waals surface area contributed by atoms with Gasteiger partial charge in [-0.1, -0.05) is 17.7 Å². The number of fused-ring (bicyclic) bond motifs is 1. The fourth-order valence-electron chi connectivity index (χ4n) is 4.25. The van der Waals surface area contributed by atoms with Gasteiger partial charge in [0.15, 0.2) is 0 Å². The molecule has 0 saturated carbocycles. The highest BCUT2D eigenvalue weighted by Crippen LogP contribution is 2.32. The van der Waals surface area contributed by atoms with Gasteiger partial charge in [-0.15, -0.1) is 0 Å². The zero-order chi connectivity index (χ0) is 19.4. The summed E-state index contributed by atoms with van der Waals surface area (Å²) in [5.41, 5.74) is 4.79. The van der Waals surface area contributed by atoms with Crippen molar-refractivity contribution in [1.82, 2.24) is 10.2 Å². The van der Waals surface area contributed by atoms with Gasteiger partial charge in [0.2, 0.25) is 0 Å². The van der Waals surface area contributed by atoms with Gasteiger partial charge in [-0.05, 0) is 62.1 Å². The number of urea groups is 1. The molecule has 2 aliphatic rings. The Morgan fingerprint density at radius 1 is 1.33 bits per heavy atom. The van der Waals surface area contributed by atoms with Gasteiger partial charge >= 0.3 is 12.0 Å². The van der Waals surface area contributed by atoms with E-state index in [0.717, 1.165) is 31.5 Å². The largest absolute Gasteiger partial charge is 0.481 e. The Morgan fingerprint density at radius 2 is 2.15 bits per heavy atom. The molecule has 0 unspecified atom stereocenters. The molecular weight excluding hydrogens is 342 g/mol. The van der Waals surface area contributed by atoms with E-state index in [1.54, 1.807) is 0 Å². The molecule has 2 aliphatic heterocycles. The molecule has 2 heterocycles. The second kappa shape index (κ2) is 8.55. The van der Waals surface area contributed by atoms with E-state index < -0.39 is 5.97 Å². The van der Waals surface area contributed by atoms with Crippen molar-refractivity contribution < 1.29 is 14.7 Å². The molecule has 1 aromatic carbocycles. The van der Waals surface area contributed by atoms with E-state index in [0.29, 0.717) is 19.6 Å². The standard InChI is InChI=1S/C21H29N3O3/c1-3-22-21(27)24-9-7-16(12-20(25)26)17(13-24)11-19-18-10-14(2)4-5-15(18)6-8-23-19/h4-5,10,16-17H,3,6-9,11-13H2,1-2H3,(H,22,27)(H,25,26)/t16-,17-/m0/s1. The number of rotatable bonds is 5. The number of aliphatic imine (C=N–C) groups is 1. The fourth-order valence-corrected chi connectivity index (χ4v) is 4.25. The van der Waals surface area contributed by atoms with Crippen molar-refractivity contribution in [2.45, 2.75) is 39.5 Å². The molecule has 6 nitrogen and oxygen atoms in total. The van der Waals surface area contributed by atoms with Gasteiger partial charge < -0.3 is 15.3 Å². The number of carboxylic acid groups (broad SMARTS) is 1. The number of aliphatic carboxylic acids is 1. The summed E-state index contributed by atoms with van der Waals surface area (Å²) in [7, 11) is 0. The molecule has 2 atom stereocenters. The van der Waals surface area contributed by atoms with Gasteiger partial charge in [0.05, 0.1) is 0 Å². The summed E-state index contributed by atoms with van der Waals surface area (Å²) in [6.45, 7) is 6.56. The molecule has 0 spiro atoms. The van der Waals surface area contributed by atoms with E-state index in [2.05, 4.69) is 30.4 Å². The van der Waals surface area contributed by atoms with Crippen molar-refractivity contribution >= 4 is 17.7 Å². The molecule has 3 rings (SSSR count). The number of carbonyl (C=O) groups is 2. The molecule has 1 aromatic rings. The first-order chi connectivity index (χ1) is 13.0. The second-order valence-corrected chi connectivity index (χ2v) is 7.63. The number of likely N-dealkylation sites (tertiary alicyclic amines) is 1. The van der Waals surface area contributed by atoms with Crippen LogP contribution in [0.2, 0.25) is 0 Å². The van der Waals surface area contributed by atoms with Gasteiger partial charge in [0, 0.05) is 38.3 Å². The van der Waals surface area contributed by atoms with E-state index in [4.69, 9.17) is 4.99 Å². The Kier molecular flexibility index (Phi) is 6.14. The van der Waals surface area contributed by atoms with Gasteiger partial charge in [-0.3, -0.25) is 9.79 Å². The number of benzene rings is 1. The van der Waals surface area contributed by atoms with Crippen LogP contribution in [0.5, 0.6) is 0 Å². The monoisotopic (exact) mass is 371 g/mol. The van der Waals surface area contributed by atoms with Crippen LogP contribution in [0.15, 0.2) is 23.2 Å². The minimum atomic E-state index is -0.765. The van der Waals surface area contributed by atoms with Crippen molar-refractivity contribution in [2.75, 3.05) is 26.2 Å². The first-order valence-corrected chi connectivity index (χ1v) is 9.85. The molecule has 0 bridgehead atoms. The van der Waals surface area contributed by atoms with Gasteiger partial charge in [-0.2, -0.15) is 0 Å². The quantitative estimate of drug-likeness (QED) is 0.835. The average molecular weight is 371 g/mol. The van der Waals surface area contributed by atoms with Crippen LogP contribution >= 0.6 is 0 Å². The molecule has 146 valence electrons. The number of piperidine rings is 1. The molecule has 27 heavy (non-hydrogen) atoms. The first kappa shape index (κ1) is 19.4. The first-order valence-electron chi connectivity index (χ1n) is 9.85. The lowest BCUT2D eigenvalue weighted by molar-refractivity contribution is -0.138. The summed E-state index contributed by atoms with van der Waals surface area (Å²) in [6, 6.07) is 6.44. The van der Waals surface area contributed by atoms with Crippen LogP contribution in [-0.2, 0) is 11.2 Å². The Labute approximate surface area is 160 Å². The maximum absolute atomic E-state index is 12.3. The van der Waals surface area contributed by atoms with E-state index >= 15 is 0 Å². The molecule has 2 amide bonds. The van der Waals surface area contributed by atoms with Crippen molar-refractivity contribution in [3.05, 3.63) is 34.9 Å². The van der Waals surface area contributed by atoms with Crippen LogP contribution in [0, 0.1) is 18.8 Å². The maximum Gasteiger partial charge on any atom is 0.317 e. The third kappa shape index (κ3) is 4.67. The molecule has 0 aliphatic carbocycles. The topological polar surface area (TPSA) is 82.0 Å². The third-order valence-corrected chi connectivity index (χ3v) is 5.66. The number of aryl methyl sites for hydroxylation is 1. The molecule has 0 aromatic heterocycles. The molecular formula is C21H29N3O3. The number of amides is 2. The van der Waals surface area contributed by atoms with Crippen LogP contribution in [0.25, 0.3) is 0 Å². The Bertz CT molecular complexity index is 744. The van der Waals surface area contributed by atoms with E-state index in [-0.39, 0.29) is 24.3 Å². The highest BCUT2D eigenvalue weighted by atomic mass is 16.4. The number of carboxylic acids is 1. The Morgan fingerprint density at radius 3 is 2.89 bits per heavy atom. The molecule has 2 N–H and O–H groups in total. The Balaban J connectivity index is 1.80. The summed E-state index contributed by atoms with van der Waals surface area (Å²) in [5, 5.41) is 12.2. The number of nitrogens with one attached hydrogen (secondary N) is 1. The van der Waals surface area contributed by atoms with E-state index in [1.165, 1.54) is 16.7 Å². The maximum atomic E-state index is 12.3. The number of carbonyl (C=O) groups excluding carboxylic acids is 1.